The Bertz CT molecular complexity index is 299. The average Bonchev–Trinajstić information content (AvgIpc) is 2.69. The number of fused-ring (bicyclic) bond motifs is 1. The molecular weight excluding hydrogens is 188 g/mol. The van der Waals surface area contributed by atoms with Crippen molar-refractivity contribution in [3.8, 4) is 0 Å². The predicted octanol–water partition coefficient (Wildman–Crippen LogP) is -0.608. The highest BCUT2D eigenvalue weighted by molar-refractivity contribution is 8.16. The Balaban J connectivity index is 2.01. The Morgan fingerprint density at radius 1 is 1.85 bits per heavy atom. The monoisotopic (exact) mass is 199 g/mol. The van der Waals surface area contributed by atoms with E-state index in [1.807, 2.05) is 5.41 Å². The quantitative estimate of drug-likeness (QED) is 0.603. The van der Waals surface area contributed by atoms with Crippen molar-refractivity contribution in [3.05, 3.63) is 11.1 Å². The normalized spacial score (nSPS) is 25.2. The van der Waals surface area contributed by atoms with Crippen LogP contribution in [-0.2, 0) is 9.53 Å². The molecule has 2 rings (SSSR count). The largest absolute Gasteiger partial charge is 0.469 e. The maximum atomic E-state index is 11.0. The Morgan fingerprint density at radius 3 is 3.46 bits per heavy atom. The van der Waals surface area contributed by atoms with Crippen LogP contribution >= 0.6 is 11.8 Å². The molecule has 0 spiro atoms. The van der Waals surface area contributed by atoms with Crippen LogP contribution < -0.4 is 4.90 Å². The minimum absolute atomic E-state index is 0.174. The second-order valence-corrected chi connectivity index (χ2v) is 3.79. The lowest BCUT2D eigenvalue weighted by Crippen LogP contribution is -3.09. The van der Waals surface area contributed by atoms with Gasteiger partial charge in [0.05, 0.1) is 13.7 Å². The summed E-state index contributed by atoms with van der Waals surface area (Å²) in [7, 11) is 1.42. The number of nitrogens with zero attached hydrogens (tertiary/aromatic N) is 1. The molecular formula is C8H11N2O2S+. The third-order valence-corrected chi connectivity index (χ3v) is 3.14. The lowest BCUT2D eigenvalue weighted by atomic mass is 10.3. The molecule has 4 nitrogen and oxygen atoms in total. The van der Waals surface area contributed by atoms with Crippen LogP contribution in [0.2, 0.25) is 0 Å². The molecule has 0 bridgehead atoms. The third-order valence-electron chi connectivity index (χ3n) is 2.14. The van der Waals surface area contributed by atoms with Crippen molar-refractivity contribution in [1.29, 1.82) is 0 Å². The smallest absolute Gasteiger partial charge is 0.315 e. The van der Waals surface area contributed by atoms with E-state index in [9.17, 15) is 4.79 Å². The molecule has 0 aromatic carbocycles. The number of hydrogen-bond acceptors (Lipinski definition) is 4. The number of carbonyl (C=O) groups excluding carboxylic acids is 1. The van der Waals surface area contributed by atoms with E-state index < -0.39 is 0 Å². The van der Waals surface area contributed by atoms with Crippen molar-refractivity contribution in [3.63, 3.8) is 0 Å². The lowest BCUT2D eigenvalue weighted by Gasteiger charge is -2.08. The Morgan fingerprint density at radius 2 is 2.69 bits per heavy atom. The number of esters is 1. The zero-order valence-electron chi connectivity index (χ0n) is 7.37. The molecule has 70 valence electrons. The number of rotatable bonds is 2. The number of methoxy groups -OCH3 is 1. The zero-order chi connectivity index (χ0) is 9.26. The summed E-state index contributed by atoms with van der Waals surface area (Å²) in [4.78, 5) is 16.6. The maximum absolute atomic E-state index is 11.0. The molecule has 0 fully saturated rings. The SMILES string of the molecule is COC(=O)CC1=CSC2=NCC[NH+]12. The van der Waals surface area contributed by atoms with Crippen molar-refractivity contribution >= 4 is 22.9 Å². The molecule has 0 aromatic heterocycles. The number of thioether (sulfide) groups is 1. The molecule has 0 aromatic rings. The molecule has 5 heteroatoms. The first-order chi connectivity index (χ1) is 6.31. The number of quaternary nitrogens is 1. The molecule has 0 radical (unpaired) electrons. The number of ether oxygens (including phenoxy) is 1. The first-order valence-electron chi connectivity index (χ1n) is 4.15. The summed E-state index contributed by atoms with van der Waals surface area (Å²) in [5.74, 6) is -0.174. The Labute approximate surface area is 80.6 Å². The molecule has 13 heavy (non-hydrogen) atoms. The fourth-order valence-corrected chi connectivity index (χ4v) is 2.47. The van der Waals surface area contributed by atoms with Crippen LogP contribution in [0.1, 0.15) is 6.42 Å². The second kappa shape index (κ2) is 3.51. The van der Waals surface area contributed by atoms with E-state index in [1.165, 1.54) is 12.0 Å². The fourth-order valence-electron chi connectivity index (χ4n) is 1.45. The van der Waals surface area contributed by atoms with Crippen LogP contribution in [-0.4, -0.2) is 31.3 Å². The molecule has 2 aliphatic heterocycles. The summed E-state index contributed by atoms with van der Waals surface area (Å²) in [5, 5.41) is 3.10. The standard InChI is InChI=1S/C8H10N2O2S/c1-12-7(11)4-6-5-13-8-9-2-3-10(6)8/h5H,2-4H2,1H3/p+1. The van der Waals surface area contributed by atoms with Gasteiger partial charge in [0.1, 0.15) is 18.7 Å². The molecule has 1 atom stereocenters. The summed E-state index contributed by atoms with van der Waals surface area (Å²) in [6, 6.07) is 0. The number of amidine groups is 1. The molecule has 0 saturated heterocycles. The van der Waals surface area contributed by atoms with Gasteiger partial charge in [-0.05, 0) is 11.8 Å². The third kappa shape index (κ3) is 1.62. The minimum atomic E-state index is -0.174. The van der Waals surface area contributed by atoms with E-state index >= 15 is 0 Å². The van der Waals surface area contributed by atoms with Gasteiger partial charge in [-0.15, -0.1) is 0 Å². The molecule has 1 N–H and O–H groups in total. The van der Waals surface area contributed by atoms with Crippen LogP contribution in [0.5, 0.6) is 0 Å². The van der Waals surface area contributed by atoms with Gasteiger partial charge in [0.25, 0.3) is 5.17 Å². The first kappa shape index (κ1) is 8.77. The average molecular weight is 199 g/mol. The fraction of sp³-hybridized carbons (Fsp3) is 0.500. The van der Waals surface area contributed by atoms with Crippen LogP contribution in [0.4, 0.5) is 0 Å². The molecule has 1 unspecified atom stereocenters. The first-order valence-corrected chi connectivity index (χ1v) is 5.03. The van der Waals surface area contributed by atoms with E-state index in [2.05, 4.69) is 9.73 Å². The van der Waals surface area contributed by atoms with Gasteiger partial charge in [-0.1, -0.05) is 0 Å². The number of nitrogens with one attached hydrogen (secondary N) is 1. The van der Waals surface area contributed by atoms with Crippen molar-refractivity contribution < 1.29 is 14.4 Å². The van der Waals surface area contributed by atoms with Gasteiger partial charge in [-0.25, -0.2) is 9.89 Å². The molecule has 2 aliphatic rings. The van der Waals surface area contributed by atoms with Gasteiger partial charge in [0.2, 0.25) is 0 Å². The van der Waals surface area contributed by atoms with Gasteiger partial charge in [-0.3, -0.25) is 4.79 Å². The van der Waals surface area contributed by atoms with Crippen molar-refractivity contribution in [2.45, 2.75) is 6.42 Å². The van der Waals surface area contributed by atoms with E-state index in [0.717, 1.165) is 24.0 Å². The van der Waals surface area contributed by atoms with Crippen molar-refractivity contribution in [2.24, 2.45) is 4.99 Å². The Kier molecular flexibility index (Phi) is 2.37. The minimum Gasteiger partial charge on any atom is -0.469 e. The lowest BCUT2D eigenvalue weighted by molar-refractivity contribution is -0.749. The highest BCUT2D eigenvalue weighted by Gasteiger charge is 2.33. The van der Waals surface area contributed by atoms with Crippen molar-refractivity contribution in [2.75, 3.05) is 20.2 Å². The van der Waals surface area contributed by atoms with Gasteiger partial charge in [0.15, 0.2) is 0 Å². The van der Waals surface area contributed by atoms with Gasteiger partial charge >= 0.3 is 5.97 Å². The Hall–Kier alpha value is -0.810. The summed E-state index contributed by atoms with van der Waals surface area (Å²) in [6.07, 6.45) is 0.387. The number of hydrogen-bond donors (Lipinski definition) is 1. The maximum Gasteiger partial charge on any atom is 0.315 e. The second-order valence-electron chi connectivity index (χ2n) is 2.93. The van der Waals surface area contributed by atoms with E-state index in [-0.39, 0.29) is 5.97 Å². The van der Waals surface area contributed by atoms with Gasteiger partial charge < -0.3 is 4.74 Å². The van der Waals surface area contributed by atoms with Gasteiger partial charge in [-0.2, -0.15) is 0 Å². The van der Waals surface area contributed by atoms with Crippen LogP contribution in [0.25, 0.3) is 0 Å². The zero-order valence-corrected chi connectivity index (χ0v) is 8.19. The highest BCUT2D eigenvalue weighted by Crippen LogP contribution is 2.15. The summed E-state index contributed by atoms with van der Waals surface area (Å²) < 4.78 is 4.62. The van der Waals surface area contributed by atoms with E-state index in [1.54, 1.807) is 11.8 Å². The number of aliphatic imine (C=N–C) groups is 1. The van der Waals surface area contributed by atoms with Crippen LogP contribution in [0.15, 0.2) is 16.1 Å². The molecule has 0 saturated carbocycles. The van der Waals surface area contributed by atoms with E-state index in [4.69, 9.17) is 0 Å². The highest BCUT2D eigenvalue weighted by atomic mass is 32.2. The predicted molar refractivity (Wildman–Crippen MR) is 50.4 cm³/mol. The summed E-state index contributed by atoms with van der Waals surface area (Å²) in [6.45, 7) is 1.85. The van der Waals surface area contributed by atoms with Crippen molar-refractivity contribution in [1.82, 2.24) is 0 Å². The van der Waals surface area contributed by atoms with Crippen LogP contribution in [0, 0.1) is 0 Å². The molecule has 0 aliphatic carbocycles. The molecule has 2 heterocycles. The van der Waals surface area contributed by atoms with Crippen LogP contribution in [0.3, 0.4) is 0 Å². The number of carbonyl (C=O) groups is 1. The summed E-state index contributed by atoms with van der Waals surface area (Å²) in [5.41, 5.74) is 1.09. The summed E-state index contributed by atoms with van der Waals surface area (Å²) >= 11 is 1.62. The van der Waals surface area contributed by atoms with Gasteiger partial charge in [0, 0.05) is 5.41 Å². The van der Waals surface area contributed by atoms with E-state index in [0.29, 0.717) is 6.42 Å². The molecule has 0 amide bonds. The topological polar surface area (TPSA) is 43.1 Å².